The minimum atomic E-state index is -4.04. The standard InChI is InChI=1S/C22H24N4O5S/c1-13-5-7-19(15(3)9-13)25-32(30,31)17-6-8-20(21(11-17)26(28)29)23-12-18-14(2)10-16(4)24-22(18)27/h5-11,23,25H,12H2,1-4H3,(H,24,27). The number of aromatic nitrogens is 1. The normalized spacial score (nSPS) is 11.2. The summed E-state index contributed by atoms with van der Waals surface area (Å²) < 4.78 is 28.1. The van der Waals surface area contributed by atoms with E-state index in [4.69, 9.17) is 0 Å². The minimum absolute atomic E-state index is 0.0508. The molecular weight excluding hydrogens is 432 g/mol. The van der Waals surface area contributed by atoms with Crippen molar-refractivity contribution in [2.75, 3.05) is 10.0 Å². The molecule has 1 aromatic heterocycles. The highest BCUT2D eigenvalue weighted by Crippen LogP contribution is 2.29. The van der Waals surface area contributed by atoms with Crippen molar-refractivity contribution in [1.29, 1.82) is 0 Å². The van der Waals surface area contributed by atoms with Gasteiger partial charge in [-0.3, -0.25) is 19.6 Å². The molecule has 0 fully saturated rings. The van der Waals surface area contributed by atoms with Crippen molar-refractivity contribution >= 4 is 27.1 Å². The molecule has 0 spiro atoms. The molecule has 0 bridgehead atoms. The van der Waals surface area contributed by atoms with Crippen LogP contribution in [0.4, 0.5) is 17.1 Å². The lowest BCUT2D eigenvalue weighted by atomic mass is 10.1. The Morgan fingerprint density at radius 3 is 2.28 bits per heavy atom. The Bertz CT molecular complexity index is 1360. The molecule has 0 saturated heterocycles. The van der Waals surface area contributed by atoms with Gasteiger partial charge in [0.15, 0.2) is 0 Å². The Morgan fingerprint density at radius 2 is 1.66 bits per heavy atom. The van der Waals surface area contributed by atoms with Crippen LogP contribution in [-0.4, -0.2) is 18.3 Å². The molecule has 0 atom stereocenters. The summed E-state index contributed by atoms with van der Waals surface area (Å²) in [5, 5.41) is 14.5. The van der Waals surface area contributed by atoms with Crippen molar-refractivity contribution in [3.63, 3.8) is 0 Å². The molecule has 3 aromatic rings. The second kappa shape index (κ2) is 8.83. The molecule has 0 saturated carbocycles. The largest absolute Gasteiger partial charge is 0.375 e. The lowest BCUT2D eigenvalue weighted by Gasteiger charge is -2.13. The van der Waals surface area contributed by atoms with Gasteiger partial charge in [0, 0.05) is 23.9 Å². The van der Waals surface area contributed by atoms with Gasteiger partial charge in [0.1, 0.15) is 5.69 Å². The average Bonchev–Trinajstić information content (AvgIpc) is 2.69. The first-order valence-electron chi connectivity index (χ1n) is 9.79. The van der Waals surface area contributed by atoms with Crippen LogP contribution in [0.25, 0.3) is 0 Å². The van der Waals surface area contributed by atoms with Crippen LogP contribution in [0.1, 0.15) is 27.9 Å². The molecule has 1 heterocycles. The number of H-pyrrole nitrogens is 1. The Labute approximate surface area is 185 Å². The van der Waals surface area contributed by atoms with E-state index in [1.54, 1.807) is 39.0 Å². The zero-order chi connectivity index (χ0) is 23.6. The predicted molar refractivity (Wildman–Crippen MR) is 124 cm³/mol. The number of nitro groups is 1. The van der Waals surface area contributed by atoms with Crippen LogP contribution in [0.2, 0.25) is 0 Å². The maximum absolute atomic E-state index is 12.8. The van der Waals surface area contributed by atoms with E-state index in [2.05, 4.69) is 15.0 Å². The molecule has 2 aromatic carbocycles. The smallest absolute Gasteiger partial charge is 0.293 e. The fourth-order valence-electron chi connectivity index (χ4n) is 3.40. The zero-order valence-electron chi connectivity index (χ0n) is 18.1. The van der Waals surface area contributed by atoms with Crippen LogP contribution in [0.15, 0.2) is 52.2 Å². The van der Waals surface area contributed by atoms with Crippen molar-refractivity contribution in [3.05, 3.63) is 90.9 Å². The zero-order valence-corrected chi connectivity index (χ0v) is 19.0. The molecule has 0 radical (unpaired) electrons. The number of nitro benzene ring substituents is 1. The number of hydrogen-bond acceptors (Lipinski definition) is 6. The number of anilines is 2. The maximum atomic E-state index is 12.8. The molecular formula is C22H24N4O5S. The summed E-state index contributed by atoms with van der Waals surface area (Å²) in [6, 6.07) is 10.7. The van der Waals surface area contributed by atoms with Gasteiger partial charge in [-0.05, 0) is 63.1 Å². The second-order valence-corrected chi connectivity index (χ2v) is 9.34. The lowest BCUT2D eigenvalue weighted by molar-refractivity contribution is -0.384. The summed E-state index contributed by atoms with van der Waals surface area (Å²) in [7, 11) is -4.04. The summed E-state index contributed by atoms with van der Waals surface area (Å²) in [6.45, 7) is 7.26. The number of benzene rings is 2. The van der Waals surface area contributed by atoms with E-state index < -0.39 is 20.6 Å². The lowest BCUT2D eigenvalue weighted by Crippen LogP contribution is -2.19. The summed E-state index contributed by atoms with van der Waals surface area (Å²) in [5.74, 6) is 0. The topological polar surface area (TPSA) is 134 Å². The number of rotatable bonds is 7. The van der Waals surface area contributed by atoms with E-state index in [0.717, 1.165) is 22.8 Å². The van der Waals surface area contributed by atoms with Crippen LogP contribution in [0.3, 0.4) is 0 Å². The van der Waals surface area contributed by atoms with Crippen LogP contribution in [0.5, 0.6) is 0 Å². The van der Waals surface area contributed by atoms with Crippen LogP contribution in [-0.2, 0) is 16.6 Å². The van der Waals surface area contributed by atoms with Gasteiger partial charge in [-0.2, -0.15) is 0 Å². The van der Waals surface area contributed by atoms with Gasteiger partial charge < -0.3 is 10.3 Å². The highest BCUT2D eigenvalue weighted by atomic mass is 32.2. The third-order valence-electron chi connectivity index (χ3n) is 5.05. The SMILES string of the molecule is Cc1ccc(NS(=O)(=O)c2ccc(NCc3c(C)cc(C)[nH]c3=O)c([N+](=O)[O-])c2)c(C)c1. The van der Waals surface area contributed by atoms with E-state index in [1.165, 1.54) is 12.1 Å². The number of nitrogens with one attached hydrogen (secondary N) is 3. The molecule has 0 aliphatic carbocycles. The molecule has 0 amide bonds. The summed E-state index contributed by atoms with van der Waals surface area (Å²) in [4.78, 5) is 25.6. The first-order valence-corrected chi connectivity index (χ1v) is 11.3. The molecule has 32 heavy (non-hydrogen) atoms. The van der Waals surface area contributed by atoms with Gasteiger partial charge in [-0.1, -0.05) is 17.7 Å². The number of aryl methyl sites for hydroxylation is 4. The molecule has 10 heteroatoms. The van der Waals surface area contributed by atoms with Crippen molar-refractivity contribution < 1.29 is 13.3 Å². The van der Waals surface area contributed by atoms with Gasteiger partial charge >= 0.3 is 0 Å². The Kier molecular flexibility index (Phi) is 6.35. The Balaban J connectivity index is 1.90. The van der Waals surface area contributed by atoms with Crippen molar-refractivity contribution in [3.8, 4) is 0 Å². The maximum Gasteiger partial charge on any atom is 0.293 e. The Morgan fingerprint density at radius 1 is 0.969 bits per heavy atom. The van der Waals surface area contributed by atoms with Crippen molar-refractivity contribution in [2.45, 2.75) is 39.1 Å². The number of pyridine rings is 1. The first kappa shape index (κ1) is 23.0. The van der Waals surface area contributed by atoms with E-state index in [0.29, 0.717) is 16.9 Å². The number of aromatic amines is 1. The fourth-order valence-corrected chi connectivity index (χ4v) is 4.55. The van der Waals surface area contributed by atoms with Gasteiger partial charge in [-0.15, -0.1) is 0 Å². The molecule has 0 unspecified atom stereocenters. The third-order valence-corrected chi connectivity index (χ3v) is 6.42. The number of sulfonamides is 1. The fraction of sp³-hybridized carbons (Fsp3) is 0.227. The summed E-state index contributed by atoms with van der Waals surface area (Å²) in [5.41, 5.74) is 3.45. The molecule has 3 N–H and O–H groups in total. The highest BCUT2D eigenvalue weighted by Gasteiger charge is 2.22. The van der Waals surface area contributed by atoms with E-state index in [9.17, 15) is 23.3 Å². The Hall–Kier alpha value is -3.66. The second-order valence-electron chi connectivity index (χ2n) is 7.66. The van der Waals surface area contributed by atoms with Gasteiger partial charge in [0.05, 0.1) is 15.5 Å². The molecule has 0 aliphatic rings. The quantitative estimate of drug-likeness (QED) is 0.364. The van der Waals surface area contributed by atoms with Gasteiger partial charge in [0.2, 0.25) is 0 Å². The van der Waals surface area contributed by atoms with Crippen molar-refractivity contribution in [2.24, 2.45) is 0 Å². The number of hydrogen-bond donors (Lipinski definition) is 3. The van der Waals surface area contributed by atoms with Crippen molar-refractivity contribution in [1.82, 2.24) is 4.98 Å². The first-order chi connectivity index (χ1) is 15.0. The summed E-state index contributed by atoms with van der Waals surface area (Å²) in [6.07, 6.45) is 0. The van der Waals surface area contributed by atoms with Crippen LogP contribution >= 0.6 is 0 Å². The van der Waals surface area contributed by atoms with Gasteiger partial charge in [-0.25, -0.2) is 8.42 Å². The average molecular weight is 457 g/mol. The van der Waals surface area contributed by atoms with E-state index in [1.807, 2.05) is 13.0 Å². The molecule has 9 nitrogen and oxygen atoms in total. The minimum Gasteiger partial charge on any atom is -0.375 e. The number of nitrogens with zero attached hydrogens (tertiary/aromatic N) is 1. The molecule has 168 valence electrons. The predicted octanol–water partition coefficient (Wildman–Crippen LogP) is 3.93. The van der Waals surface area contributed by atoms with E-state index >= 15 is 0 Å². The van der Waals surface area contributed by atoms with Gasteiger partial charge in [0.25, 0.3) is 21.3 Å². The molecule has 0 aliphatic heterocycles. The monoisotopic (exact) mass is 456 g/mol. The summed E-state index contributed by atoms with van der Waals surface area (Å²) >= 11 is 0. The van der Waals surface area contributed by atoms with E-state index in [-0.39, 0.29) is 22.7 Å². The molecule has 3 rings (SSSR count). The van der Waals surface area contributed by atoms with Crippen LogP contribution < -0.4 is 15.6 Å². The third kappa shape index (κ3) is 4.97. The van der Waals surface area contributed by atoms with Crippen LogP contribution in [0, 0.1) is 37.8 Å². The highest BCUT2D eigenvalue weighted by molar-refractivity contribution is 7.92.